The Labute approximate surface area is 114 Å². The minimum absolute atomic E-state index is 0.523. The molecular weight excluding hydrogens is 222 g/mol. The Morgan fingerprint density at radius 2 is 2.00 bits per heavy atom. The quantitative estimate of drug-likeness (QED) is 0.633. The molecule has 3 unspecified atom stereocenters. The molecular formula is C16H33NO. The van der Waals surface area contributed by atoms with Gasteiger partial charge in [-0.25, -0.2) is 0 Å². The second-order valence-corrected chi connectivity index (χ2v) is 5.84. The Hall–Kier alpha value is -0.0800. The predicted octanol–water partition coefficient (Wildman–Crippen LogP) is 4.14. The maximum absolute atomic E-state index is 6.12. The van der Waals surface area contributed by atoms with Crippen LogP contribution in [-0.4, -0.2) is 25.3 Å². The molecule has 1 rings (SSSR count). The third-order valence-electron chi connectivity index (χ3n) is 4.18. The molecule has 0 aromatic rings. The summed E-state index contributed by atoms with van der Waals surface area (Å²) >= 11 is 0. The maximum Gasteiger partial charge on any atom is 0.0590 e. The van der Waals surface area contributed by atoms with E-state index in [1.165, 1.54) is 51.4 Å². The molecule has 0 radical (unpaired) electrons. The van der Waals surface area contributed by atoms with Gasteiger partial charge in [-0.1, -0.05) is 40.0 Å². The van der Waals surface area contributed by atoms with Crippen molar-refractivity contribution >= 4 is 0 Å². The van der Waals surface area contributed by atoms with Gasteiger partial charge in [-0.2, -0.15) is 0 Å². The van der Waals surface area contributed by atoms with Crippen LogP contribution in [0.2, 0.25) is 0 Å². The predicted molar refractivity (Wildman–Crippen MR) is 79.0 cm³/mol. The molecule has 0 spiro atoms. The molecule has 3 atom stereocenters. The summed E-state index contributed by atoms with van der Waals surface area (Å²) in [6, 6.07) is 0.714. The molecule has 1 N–H and O–H groups in total. The highest BCUT2D eigenvalue weighted by molar-refractivity contribution is 4.81. The monoisotopic (exact) mass is 255 g/mol. The normalized spacial score (nSPS) is 25.5. The van der Waals surface area contributed by atoms with Crippen molar-refractivity contribution in [3.05, 3.63) is 0 Å². The zero-order valence-electron chi connectivity index (χ0n) is 12.7. The average molecular weight is 255 g/mol. The van der Waals surface area contributed by atoms with Gasteiger partial charge in [-0.15, -0.1) is 0 Å². The van der Waals surface area contributed by atoms with Gasteiger partial charge in [-0.3, -0.25) is 0 Å². The van der Waals surface area contributed by atoms with Crippen LogP contribution in [-0.2, 0) is 4.74 Å². The Morgan fingerprint density at radius 1 is 1.17 bits per heavy atom. The van der Waals surface area contributed by atoms with Crippen LogP contribution >= 0.6 is 0 Å². The fraction of sp³-hybridized carbons (Fsp3) is 1.00. The Kier molecular flexibility index (Phi) is 8.70. The van der Waals surface area contributed by atoms with E-state index < -0.39 is 0 Å². The maximum atomic E-state index is 6.12. The zero-order valence-corrected chi connectivity index (χ0v) is 12.7. The van der Waals surface area contributed by atoms with Gasteiger partial charge in [0.25, 0.3) is 0 Å². The summed E-state index contributed by atoms with van der Waals surface area (Å²) < 4.78 is 6.12. The first kappa shape index (κ1) is 16.0. The van der Waals surface area contributed by atoms with Gasteiger partial charge in [-0.05, 0) is 44.6 Å². The summed E-state index contributed by atoms with van der Waals surface area (Å²) in [6.45, 7) is 8.95. The molecule has 0 aromatic heterocycles. The Bertz CT molecular complexity index is 196. The lowest BCUT2D eigenvalue weighted by Crippen LogP contribution is -2.28. The lowest BCUT2D eigenvalue weighted by Gasteiger charge is -2.19. The van der Waals surface area contributed by atoms with E-state index in [-0.39, 0.29) is 0 Å². The SMILES string of the molecule is CCCCC(CC)COC1CCC(NCCC)C1. The molecule has 0 aromatic carbocycles. The first-order chi connectivity index (χ1) is 8.80. The smallest absolute Gasteiger partial charge is 0.0590 e. The molecule has 2 nitrogen and oxygen atoms in total. The van der Waals surface area contributed by atoms with Gasteiger partial charge in [0.15, 0.2) is 0 Å². The summed E-state index contributed by atoms with van der Waals surface area (Å²) in [5.41, 5.74) is 0. The van der Waals surface area contributed by atoms with Gasteiger partial charge >= 0.3 is 0 Å². The standard InChI is InChI=1S/C16H33NO/c1-4-7-8-14(6-3)13-18-16-10-9-15(12-16)17-11-5-2/h14-17H,4-13H2,1-3H3. The second-order valence-electron chi connectivity index (χ2n) is 5.84. The largest absolute Gasteiger partial charge is 0.378 e. The lowest BCUT2D eigenvalue weighted by molar-refractivity contribution is 0.0289. The third-order valence-corrected chi connectivity index (χ3v) is 4.18. The van der Waals surface area contributed by atoms with Crippen LogP contribution in [0.3, 0.4) is 0 Å². The van der Waals surface area contributed by atoms with Crippen LogP contribution in [0.15, 0.2) is 0 Å². The number of hydrogen-bond donors (Lipinski definition) is 1. The second kappa shape index (κ2) is 9.80. The first-order valence-electron chi connectivity index (χ1n) is 8.15. The van der Waals surface area contributed by atoms with Crippen LogP contribution in [0, 0.1) is 5.92 Å². The fourth-order valence-electron chi connectivity index (χ4n) is 2.80. The first-order valence-corrected chi connectivity index (χ1v) is 8.15. The van der Waals surface area contributed by atoms with E-state index in [4.69, 9.17) is 4.74 Å². The van der Waals surface area contributed by atoms with E-state index in [1.807, 2.05) is 0 Å². The van der Waals surface area contributed by atoms with Gasteiger partial charge in [0, 0.05) is 12.6 Å². The molecule has 1 fully saturated rings. The van der Waals surface area contributed by atoms with Gasteiger partial charge in [0.2, 0.25) is 0 Å². The molecule has 18 heavy (non-hydrogen) atoms. The molecule has 2 heteroatoms. The minimum Gasteiger partial charge on any atom is -0.378 e. The van der Waals surface area contributed by atoms with E-state index in [0.29, 0.717) is 12.1 Å². The Balaban J connectivity index is 2.11. The molecule has 1 saturated carbocycles. The van der Waals surface area contributed by atoms with Crippen molar-refractivity contribution < 1.29 is 4.74 Å². The molecule has 0 saturated heterocycles. The summed E-state index contributed by atoms with van der Waals surface area (Å²) in [6.07, 6.45) is 10.8. The molecule has 0 amide bonds. The molecule has 108 valence electrons. The summed E-state index contributed by atoms with van der Waals surface area (Å²) in [7, 11) is 0. The van der Waals surface area contributed by atoms with Crippen molar-refractivity contribution in [2.24, 2.45) is 5.92 Å². The van der Waals surface area contributed by atoms with Gasteiger partial charge < -0.3 is 10.1 Å². The van der Waals surface area contributed by atoms with Crippen molar-refractivity contribution in [2.45, 2.75) is 84.3 Å². The van der Waals surface area contributed by atoms with E-state index in [1.54, 1.807) is 0 Å². The number of unbranched alkanes of at least 4 members (excludes halogenated alkanes) is 1. The van der Waals surface area contributed by atoms with Crippen LogP contribution in [0.4, 0.5) is 0 Å². The van der Waals surface area contributed by atoms with E-state index in [2.05, 4.69) is 26.1 Å². The number of nitrogens with one attached hydrogen (secondary N) is 1. The fourth-order valence-corrected chi connectivity index (χ4v) is 2.80. The van der Waals surface area contributed by atoms with E-state index in [9.17, 15) is 0 Å². The topological polar surface area (TPSA) is 21.3 Å². The average Bonchev–Trinajstić information content (AvgIpc) is 2.84. The van der Waals surface area contributed by atoms with E-state index >= 15 is 0 Å². The minimum atomic E-state index is 0.523. The molecule has 1 aliphatic carbocycles. The molecule has 1 aliphatic rings. The summed E-state index contributed by atoms with van der Waals surface area (Å²) in [4.78, 5) is 0. The van der Waals surface area contributed by atoms with Gasteiger partial charge in [0.1, 0.15) is 0 Å². The summed E-state index contributed by atoms with van der Waals surface area (Å²) in [5.74, 6) is 0.785. The number of ether oxygens (including phenoxy) is 1. The van der Waals surface area contributed by atoms with Gasteiger partial charge in [0.05, 0.1) is 6.10 Å². The zero-order chi connectivity index (χ0) is 13.2. The number of hydrogen-bond acceptors (Lipinski definition) is 2. The third kappa shape index (κ3) is 6.19. The van der Waals surface area contributed by atoms with Crippen LogP contribution < -0.4 is 5.32 Å². The lowest BCUT2D eigenvalue weighted by atomic mass is 10.0. The van der Waals surface area contributed by atoms with Crippen molar-refractivity contribution in [1.82, 2.24) is 5.32 Å². The molecule has 0 aliphatic heterocycles. The highest BCUT2D eigenvalue weighted by atomic mass is 16.5. The van der Waals surface area contributed by atoms with Crippen molar-refractivity contribution in [3.8, 4) is 0 Å². The van der Waals surface area contributed by atoms with Crippen molar-refractivity contribution in [2.75, 3.05) is 13.2 Å². The van der Waals surface area contributed by atoms with Crippen LogP contribution in [0.1, 0.15) is 72.1 Å². The van der Waals surface area contributed by atoms with Crippen molar-refractivity contribution in [1.29, 1.82) is 0 Å². The summed E-state index contributed by atoms with van der Waals surface area (Å²) in [5, 5.41) is 3.62. The van der Waals surface area contributed by atoms with Crippen molar-refractivity contribution in [3.63, 3.8) is 0 Å². The number of rotatable bonds is 10. The highest BCUT2D eigenvalue weighted by Gasteiger charge is 2.25. The van der Waals surface area contributed by atoms with E-state index in [0.717, 1.165) is 19.1 Å². The molecule has 0 bridgehead atoms. The van der Waals surface area contributed by atoms with Crippen LogP contribution in [0.25, 0.3) is 0 Å². The highest BCUT2D eigenvalue weighted by Crippen LogP contribution is 2.24. The Morgan fingerprint density at radius 3 is 2.67 bits per heavy atom. The molecule has 0 heterocycles. The van der Waals surface area contributed by atoms with Crippen LogP contribution in [0.5, 0.6) is 0 Å².